The summed E-state index contributed by atoms with van der Waals surface area (Å²) in [4.78, 5) is 23.0. The minimum absolute atomic E-state index is 0. The standard InChI is InChI=1S/C8H15N.C3H5NO4.Pt/c1-3-7(4-1)9-8-5-2-6-8;4-8-3(7)1-2(5)6;/h7-9H,1-6H2;1,4H2,(H,5,6);. The van der Waals surface area contributed by atoms with Crippen molar-refractivity contribution in [1.82, 2.24) is 5.32 Å². The Hall–Kier alpha value is -0.452. The molecule has 108 valence electrons. The zero-order valence-electron chi connectivity index (χ0n) is 10.2. The summed E-state index contributed by atoms with van der Waals surface area (Å²) in [5, 5.41) is 11.5. The van der Waals surface area contributed by atoms with E-state index in [-0.39, 0.29) is 21.1 Å². The number of hydrogen-bond acceptors (Lipinski definition) is 5. The van der Waals surface area contributed by atoms with Gasteiger partial charge in [-0.1, -0.05) is 12.8 Å². The molecule has 0 heterocycles. The van der Waals surface area contributed by atoms with Gasteiger partial charge in [-0.25, -0.2) is 4.79 Å². The zero-order chi connectivity index (χ0) is 12.7. The predicted octanol–water partition coefficient (Wildman–Crippen LogP) is 0.557. The third-order valence-electron chi connectivity index (χ3n) is 3.11. The van der Waals surface area contributed by atoms with E-state index in [1.54, 1.807) is 0 Å². The molecular weight excluding hydrogens is 419 g/mol. The summed E-state index contributed by atoms with van der Waals surface area (Å²) >= 11 is 0. The molecule has 0 radical (unpaired) electrons. The van der Waals surface area contributed by atoms with Gasteiger partial charge in [-0.3, -0.25) is 4.79 Å². The molecule has 4 N–H and O–H groups in total. The molecule has 7 heteroatoms. The molecule has 0 amide bonds. The maximum absolute atomic E-state index is 9.89. The van der Waals surface area contributed by atoms with E-state index in [2.05, 4.69) is 16.1 Å². The number of nitrogens with two attached hydrogens (primary N) is 1. The zero-order valence-corrected chi connectivity index (χ0v) is 12.4. The fraction of sp³-hybridized carbons (Fsp3) is 0.818. The molecule has 6 nitrogen and oxygen atoms in total. The normalized spacial score (nSPS) is 18.3. The van der Waals surface area contributed by atoms with E-state index in [0.29, 0.717) is 0 Å². The van der Waals surface area contributed by atoms with Crippen molar-refractivity contribution in [2.45, 2.75) is 57.0 Å². The van der Waals surface area contributed by atoms with Gasteiger partial charge in [-0.2, -0.15) is 5.90 Å². The summed E-state index contributed by atoms with van der Waals surface area (Å²) in [5.41, 5.74) is 0. The van der Waals surface area contributed by atoms with Crippen LogP contribution in [0.5, 0.6) is 0 Å². The van der Waals surface area contributed by atoms with Crippen LogP contribution in [-0.2, 0) is 35.5 Å². The summed E-state index contributed by atoms with van der Waals surface area (Å²) < 4.78 is 0. The van der Waals surface area contributed by atoms with Gasteiger partial charge in [0, 0.05) is 33.1 Å². The van der Waals surface area contributed by atoms with E-state index in [0.717, 1.165) is 12.1 Å². The van der Waals surface area contributed by atoms with Crippen LogP contribution in [0.15, 0.2) is 0 Å². The second-order valence-corrected chi connectivity index (χ2v) is 4.48. The van der Waals surface area contributed by atoms with E-state index >= 15 is 0 Å². The molecule has 0 saturated heterocycles. The second-order valence-electron chi connectivity index (χ2n) is 4.48. The maximum atomic E-state index is 9.89. The van der Waals surface area contributed by atoms with Crippen molar-refractivity contribution in [3.63, 3.8) is 0 Å². The van der Waals surface area contributed by atoms with Gasteiger partial charge >= 0.3 is 11.9 Å². The third kappa shape index (κ3) is 7.09. The van der Waals surface area contributed by atoms with E-state index in [9.17, 15) is 9.59 Å². The van der Waals surface area contributed by atoms with Crippen LogP contribution in [0, 0.1) is 0 Å². The number of carbonyl (C=O) groups excluding carboxylic acids is 1. The third-order valence-corrected chi connectivity index (χ3v) is 3.11. The molecular formula is C11H20N2O4Pt. The minimum Gasteiger partial charge on any atom is -0.481 e. The summed E-state index contributed by atoms with van der Waals surface area (Å²) in [6, 6.07) is 1.82. The van der Waals surface area contributed by atoms with Gasteiger partial charge < -0.3 is 15.3 Å². The Morgan fingerprint density at radius 1 is 1.17 bits per heavy atom. The molecule has 2 aliphatic rings. The van der Waals surface area contributed by atoms with Gasteiger partial charge in [0.25, 0.3) is 0 Å². The van der Waals surface area contributed by atoms with Crippen molar-refractivity contribution in [1.29, 1.82) is 0 Å². The average Bonchev–Trinajstić information content (AvgIpc) is 2.12. The van der Waals surface area contributed by atoms with Crippen molar-refractivity contribution < 1.29 is 40.6 Å². The van der Waals surface area contributed by atoms with Crippen molar-refractivity contribution in [2.75, 3.05) is 0 Å². The monoisotopic (exact) mass is 439 g/mol. The van der Waals surface area contributed by atoms with E-state index < -0.39 is 18.4 Å². The number of rotatable bonds is 4. The average molecular weight is 439 g/mol. The molecule has 0 aliphatic heterocycles. The number of nitrogens with one attached hydrogen (secondary N) is 1. The molecule has 18 heavy (non-hydrogen) atoms. The molecule has 0 aromatic heterocycles. The van der Waals surface area contributed by atoms with Crippen molar-refractivity contribution in [2.24, 2.45) is 5.90 Å². The van der Waals surface area contributed by atoms with Gasteiger partial charge in [0.2, 0.25) is 0 Å². The van der Waals surface area contributed by atoms with Crippen LogP contribution in [0.4, 0.5) is 0 Å². The Kier molecular flexibility index (Phi) is 9.24. The molecule has 0 unspecified atom stereocenters. The Labute approximate surface area is 121 Å². The maximum Gasteiger partial charge on any atom is 0.335 e. The molecule has 2 aliphatic carbocycles. The first-order chi connectivity index (χ1) is 8.11. The quantitative estimate of drug-likeness (QED) is 0.437. The van der Waals surface area contributed by atoms with Crippen molar-refractivity contribution >= 4 is 11.9 Å². The SMILES string of the molecule is C1CC(NC2CCC2)C1.NOC(=O)CC(=O)O.[Pt]. The van der Waals surface area contributed by atoms with Crippen LogP contribution in [0.25, 0.3) is 0 Å². The molecule has 2 saturated carbocycles. The minimum atomic E-state index is -1.25. The summed E-state index contributed by atoms with van der Waals surface area (Å²) in [6.45, 7) is 0. The number of carbonyl (C=O) groups is 2. The molecule has 0 spiro atoms. The Morgan fingerprint density at radius 3 is 1.78 bits per heavy atom. The first-order valence-corrected chi connectivity index (χ1v) is 5.99. The van der Waals surface area contributed by atoms with Crippen LogP contribution in [-0.4, -0.2) is 29.1 Å². The summed E-state index contributed by atoms with van der Waals surface area (Å²) in [5.74, 6) is 2.11. The first-order valence-electron chi connectivity index (χ1n) is 5.99. The number of hydrogen-bond donors (Lipinski definition) is 3. The molecule has 0 bridgehead atoms. The van der Waals surface area contributed by atoms with Crippen LogP contribution >= 0.6 is 0 Å². The largest absolute Gasteiger partial charge is 0.481 e. The van der Waals surface area contributed by atoms with E-state index in [1.807, 2.05) is 0 Å². The predicted molar refractivity (Wildman–Crippen MR) is 60.9 cm³/mol. The molecule has 0 atom stereocenters. The fourth-order valence-corrected chi connectivity index (χ4v) is 1.65. The van der Waals surface area contributed by atoms with Crippen LogP contribution in [0.2, 0.25) is 0 Å². The van der Waals surface area contributed by atoms with Crippen LogP contribution in [0.1, 0.15) is 44.9 Å². The molecule has 0 aromatic carbocycles. The fourth-order valence-electron chi connectivity index (χ4n) is 1.65. The van der Waals surface area contributed by atoms with E-state index in [1.165, 1.54) is 38.5 Å². The van der Waals surface area contributed by atoms with Gasteiger partial charge in [-0.15, -0.1) is 0 Å². The Bertz CT molecular complexity index is 256. The topological polar surface area (TPSA) is 102 Å². The summed E-state index contributed by atoms with van der Waals surface area (Å²) in [7, 11) is 0. The van der Waals surface area contributed by atoms with Gasteiger partial charge in [0.15, 0.2) is 0 Å². The van der Waals surface area contributed by atoms with Gasteiger partial charge in [0.1, 0.15) is 6.42 Å². The van der Waals surface area contributed by atoms with Crippen molar-refractivity contribution in [3.8, 4) is 0 Å². The van der Waals surface area contributed by atoms with Crippen LogP contribution < -0.4 is 11.2 Å². The Morgan fingerprint density at radius 2 is 1.61 bits per heavy atom. The van der Waals surface area contributed by atoms with Gasteiger partial charge in [0.05, 0.1) is 0 Å². The number of aliphatic carboxylic acids is 1. The first kappa shape index (κ1) is 17.5. The molecule has 0 aromatic rings. The number of carboxylic acid groups (broad SMARTS) is 1. The van der Waals surface area contributed by atoms with Crippen LogP contribution in [0.3, 0.4) is 0 Å². The Balaban J connectivity index is 0.000000308. The molecule has 2 fully saturated rings. The van der Waals surface area contributed by atoms with Crippen molar-refractivity contribution in [3.05, 3.63) is 0 Å². The van der Waals surface area contributed by atoms with E-state index in [4.69, 9.17) is 5.11 Å². The molecule has 2 rings (SSSR count). The number of carboxylic acids is 1. The smallest absolute Gasteiger partial charge is 0.335 e. The summed E-state index contributed by atoms with van der Waals surface area (Å²) in [6.07, 6.45) is 8.01. The van der Waals surface area contributed by atoms with Gasteiger partial charge in [-0.05, 0) is 25.7 Å². The second kappa shape index (κ2) is 9.47.